The largest absolute Gasteiger partial charge is 0.347 e. The van der Waals surface area contributed by atoms with E-state index in [1.165, 1.54) is 0 Å². The Morgan fingerprint density at radius 1 is 1.56 bits per heavy atom. The topological polar surface area (TPSA) is 46.1 Å². The van der Waals surface area contributed by atoms with Crippen molar-refractivity contribution in [2.24, 2.45) is 7.05 Å². The third-order valence-electron chi connectivity index (χ3n) is 3.24. The van der Waals surface area contributed by atoms with E-state index in [1.54, 1.807) is 0 Å². The van der Waals surface area contributed by atoms with Gasteiger partial charge < -0.3 is 15.2 Å². The average molecular weight is 221 g/mol. The number of nitrogens with one attached hydrogen (secondary N) is 2. The van der Waals surface area contributed by atoms with Crippen molar-refractivity contribution in [3.63, 3.8) is 0 Å². The summed E-state index contributed by atoms with van der Waals surface area (Å²) in [6.45, 7) is 3.95. The lowest BCUT2D eigenvalue weighted by Gasteiger charge is -2.23. The lowest BCUT2D eigenvalue weighted by Crippen LogP contribution is -2.45. The molecule has 1 aromatic rings. The Kier molecular flexibility index (Phi) is 3.29. The first-order valence-corrected chi connectivity index (χ1v) is 5.82. The van der Waals surface area contributed by atoms with Gasteiger partial charge in [-0.25, -0.2) is 0 Å². The van der Waals surface area contributed by atoms with Gasteiger partial charge >= 0.3 is 0 Å². The van der Waals surface area contributed by atoms with E-state index >= 15 is 0 Å². The summed E-state index contributed by atoms with van der Waals surface area (Å²) in [5, 5.41) is 6.36. The Labute approximate surface area is 96.0 Å². The number of hydrogen-bond acceptors (Lipinski definition) is 2. The molecule has 0 spiro atoms. The van der Waals surface area contributed by atoms with Crippen LogP contribution in [0, 0.1) is 6.92 Å². The molecule has 0 radical (unpaired) electrons. The van der Waals surface area contributed by atoms with Gasteiger partial charge in [0.15, 0.2) is 0 Å². The fraction of sp³-hybridized carbons (Fsp3) is 0.583. The number of piperidine rings is 1. The molecule has 1 atom stereocenters. The Balaban J connectivity index is 1.99. The van der Waals surface area contributed by atoms with Crippen LogP contribution in [0.4, 0.5) is 0 Å². The standard InChI is InChI=1S/C12H19N3O/c1-9-5-6-11(15(9)2)12(16)14-10-4-3-7-13-8-10/h5-6,10,13H,3-4,7-8H2,1-2H3,(H,14,16)/t10-/m1/s1. The van der Waals surface area contributed by atoms with Crippen molar-refractivity contribution < 1.29 is 4.79 Å². The van der Waals surface area contributed by atoms with E-state index in [0.29, 0.717) is 0 Å². The van der Waals surface area contributed by atoms with E-state index in [1.807, 2.05) is 30.7 Å². The molecule has 1 saturated heterocycles. The van der Waals surface area contributed by atoms with Crippen LogP contribution in [0.25, 0.3) is 0 Å². The van der Waals surface area contributed by atoms with Crippen molar-refractivity contribution in [3.8, 4) is 0 Å². The highest BCUT2D eigenvalue weighted by molar-refractivity contribution is 5.93. The summed E-state index contributed by atoms with van der Waals surface area (Å²) in [7, 11) is 1.92. The molecule has 0 aliphatic carbocycles. The van der Waals surface area contributed by atoms with Gasteiger partial charge in [0.25, 0.3) is 5.91 Å². The third kappa shape index (κ3) is 2.27. The SMILES string of the molecule is Cc1ccc(C(=O)N[C@@H]2CCCNC2)n1C. The molecular formula is C12H19N3O. The normalized spacial score (nSPS) is 20.8. The molecule has 0 unspecified atom stereocenters. The van der Waals surface area contributed by atoms with E-state index in [4.69, 9.17) is 0 Å². The van der Waals surface area contributed by atoms with Crippen molar-refractivity contribution in [1.29, 1.82) is 0 Å². The molecule has 4 heteroatoms. The zero-order valence-corrected chi connectivity index (χ0v) is 9.92. The summed E-state index contributed by atoms with van der Waals surface area (Å²) in [5.74, 6) is 0.0318. The minimum absolute atomic E-state index is 0.0318. The van der Waals surface area contributed by atoms with E-state index in [9.17, 15) is 4.79 Å². The maximum absolute atomic E-state index is 12.0. The molecule has 1 fully saturated rings. The van der Waals surface area contributed by atoms with Crippen molar-refractivity contribution in [3.05, 3.63) is 23.5 Å². The second-order valence-corrected chi connectivity index (χ2v) is 4.44. The summed E-state index contributed by atoms with van der Waals surface area (Å²) >= 11 is 0. The average Bonchev–Trinajstić information content (AvgIpc) is 2.61. The Morgan fingerprint density at radius 2 is 2.38 bits per heavy atom. The number of aromatic nitrogens is 1. The van der Waals surface area contributed by atoms with Crippen LogP contribution in [-0.2, 0) is 7.05 Å². The van der Waals surface area contributed by atoms with Crippen molar-refractivity contribution >= 4 is 5.91 Å². The molecule has 4 nitrogen and oxygen atoms in total. The van der Waals surface area contributed by atoms with Gasteiger partial charge in [-0.1, -0.05) is 0 Å². The number of hydrogen-bond donors (Lipinski definition) is 2. The van der Waals surface area contributed by atoms with Crippen LogP contribution in [0.1, 0.15) is 29.0 Å². The van der Waals surface area contributed by atoms with E-state index in [0.717, 1.165) is 37.3 Å². The monoisotopic (exact) mass is 221 g/mol. The molecular weight excluding hydrogens is 202 g/mol. The van der Waals surface area contributed by atoms with Gasteiger partial charge in [0, 0.05) is 25.3 Å². The van der Waals surface area contributed by atoms with Crippen LogP contribution in [-0.4, -0.2) is 29.6 Å². The summed E-state index contributed by atoms with van der Waals surface area (Å²) in [4.78, 5) is 12.0. The number of aryl methyl sites for hydroxylation is 1. The smallest absolute Gasteiger partial charge is 0.268 e. The van der Waals surface area contributed by atoms with E-state index < -0.39 is 0 Å². The molecule has 1 amide bonds. The van der Waals surface area contributed by atoms with Gasteiger partial charge in [-0.05, 0) is 38.4 Å². The highest BCUT2D eigenvalue weighted by Gasteiger charge is 2.17. The second kappa shape index (κ2) is 4.70. The van der Waals surface area contributed by atoms with Crippen LogP contribution in [0.15, 0.2) is 12.1 Å². The first-order chi connectivity index (χ1) is 7.68. The molecule has 88 valence electrons. The molecule has 0 bridgehead atoms. The molecule has 2 rings (SSSR count). The number of rotatable bonds is 2. The maximum Gasteiger partial charge on any atom is 0.268 e. The maximum atomic E-state index is 12.0. The van der Waals surface area contributed by atoms with Gasteiger partial charge in [-0.15, -0.1) is 0 Å². The van der Waals surface area contributed by atoms with Gasteiger partial charge in [0.05, 0.1) is 0 Å². The van der Waals surface area contributed by atoms with Crippen LogP contribution in [0.2, 0.25) is 0 Å². The minimum Gasteiger partial charge on any atom is -0.347 e. The number of amides is 1. The highest BCUT2D eigenvalue weighted by atomic mass is 16.2. The van der Waals surface area contributed by atoms with Gasteiger partial charge in [-0.2, -0.15) is 0 Å². The number of nitrogens with zero attached hydrogens (tertiary/aromatic N) is 1. The lowest BCUT2D eigenvalue weighted by atomic mass is 10.1. The van der Waals surface area contributed by atoms with E-state index in [2.05, 4.69) is 10.6 Å². The quantitative estimate of drug-likeness (QED) is 0.776. The number of carbonyl (C=O) groups excluding carboxylic acids is 1. The second-order valence-electron chi connectivity index (χ2n) is 4.44. The highest BCUT2D eigenvalue weighted by Crippen LogP contribution is 2.07. The Morgan fingerprint density at radius 3 is 2.94 bits per heavy atom. The molecule has 2 N–H and O–H groups in total. The van der Waals surface area contributed by atoms with Crippen LogP contribution in [0.5, 0.6) is 0 Å². The predicted octanol–water partition coefficient (Wildman–Crippen LogP) is 0.815. The molecule has 16 heavy (non-hydrogen) atoms. The van der Waals surface area contributed by atoms with Gasteiger partial charge in [0.2, 0.25) is 0 Å². The number of carbonyl (C=O) groups is 1. The fourth-order valence-corrected chi connectivity index (χ4v) is 2.08. The Bertz CT molecular complexity index is 378. The fourth-order valence-electron chi connectivity index (χ4n) is 2.08. The predicted molar refractivity (Wildman–Crippen MR) is 63.5 cm³/mol. The van der Waals surface area contributed by atoms with Crippen molar-refractivity contribution in [2.75, 3.05) is 13.1 Å². The van der Waals surface area contributed by atoms with Crippen molar-refractivity contribution in [1.82, 2.24) is 15.2 Å². The molecule has 1 aliphatic rings. The first-order valence-electron chi connectivity index (χ1n) is 5.82. The Hall–Kier alpha value is -1.29. The van der Waals surface area contributed by atoms with Crippen LogP contribution < -0.4 is 10.6 Å². The summed E-state index contributed by atoms with van der Waals surface area (Å²) in [6, 6.07) is 4.12. The molecule has 0 aromatic carbocycles. The van der Waals surface area contributed by atoms with Crippen LogP contribution in [0.3, 0.4) is 0 Å². The van der Waals surface area contributed by atoms with Gasteiger partial charge in [-0.3, -0.25) is 4.79 Å². The summed E-state index contributed by atoms with van der Waals surface area (Å²) in [5.41, 5.74) is 1.84. The summed E-state index contributed by atoms with van der Waals surface area (Å²) < 4.78 is 1.92. The summed E-state index contributed by atoms with van der Waals surface area (Å²) in [6.07, 6.45) is 2.21. The zero-order chi connectivity index (χ0) is 11.5. The molecule has 1 aliphatic heterocycles. The first kappa shape index (κ1) is 11.2. The molecule has 0 saturated carbocycles. The molecule has 2 heterocycles. The third-order valence-corrected chi connectivity index (χ3v) is 3.24. The van der Waals surface area contributed by atoms with E-state index in [-0.39, 0.29) is 11.9 Å². The van der Waals surface area contributed by atoms with Crippen LogP contribution >= 0.6 is 0 Å². The lowest BCUT2D eigenvalue weighted by molar-refractivity contribution is 0.0922. The van der Waals surface area contributed by atoms with Gasteiger partial charge in [0.1, 0.15) is 5.69 Å². The molecule has 1 aromatic heterocycles. The van der Waals surface area contributed by atoms with Crippen molar-refractivity contribution in [2.45, 2.75) is 25.8 Å². The zero-order valence-electron chi connectivity index (χ0n) is 9.92. The minimum atomic E-state index is 0.0318.